The second kappa shape index (κ2) is 11.2. The fourth-order valence-corrected chi connectivity index (χ4v) is 4.88. The predicted molar refractivity (Wildman–Crippen MR) is 139 cm³/mol. The number of anilines is 1. The normalized spacial score (nSPS) is 12.1. The Morgan fingerprint density at radius 1 is 0.971 bits per heavy atom. The number of benzene rings is 3. The number of sulfonamides is 1. The van der Waals surface area contributed by atoms with E-state index in [-0.39, 0.29) is 18.5 Å². The number of nitrogens with zero attached hydrogens (tertiary/aromatic N) is 1. The number of hydrogen-bond acceptors (Lipinski definition) is 5. The molecule has 1 atom stereocenters. The molecular weight excluding hydrogens is 511 g/mol. The maximum absolute atomic E-state index is 12.8. The number of nitrogens with one attached hydrogen (secondary N) is 1. The highest BCUT2D eigenvalue weighted by Gasteiger charge is 2.21. The van der Waals surface area contributed by atoms with Crippen LogP contribution in [-0.4, -0.2) is 34.8 Å². The van der Waals surface area contributed by atoms with Crippen molar-refractivity contribution in [2.75, 3.05) is 24.8 Å². The van der Waals surface area contributed by atoms with E-state index in [9.17, 15) is 13.2 Å². The molecule has 0 unspecified atom stereocenters. The van der Waals surface area contributed by atoms with Gasteiger partial charge in [0.25, 0.3) is 5.91 Å². The molecule has 3 aromatic carbocycles. The lowest BCUT2D eigenvalue weighted by Gasteiger charge is -2.24. The van der Waals surface area contributed by atoms with Crippen molar-refractivity contribution in [2.45, 2.75) is 19.5 Å². The molecule has 3 aromatic rings. The number of ether oxygens (including phenoxy) is 2. The van der Waals surface area contributed by atoms with Crippen molar-refractivity contribution in [3.05, 3.63) is 87.4 Å². The van der Waals surface area contributed by atoms with Gasteiger partial charge in [-0.1, -0.05) is 35.3 Å². The van der Waals surface area contributed by atoms with Crippen molar-refractivity contribution in [3.8, 4) is 11.5 Å². The van der Waals surface area contributed by atoms with Gasteiger partial charge in [0.2, 0.25) is 10.0 Å². The first-order valence-corrected chi connectivity index (χ1v) is 13.2. The summed E-state index contributed by atoms with van der Waals surface area (Å²) >= 11 is 12.5. The smallest absolute Gasteiger partial charge is 0.251 e. The first kappa shape index (κ1) is 26.7. The van der Waals surface area contributed by atoms with E-state index in [0.717, 1.165) is 11.8 Å². The number of rotatable bonds is 9. The molecule has 35 heavy (non-hydrogen) atoms. The van der Waals surface area contributed by atoms with Crippen LogP contribution < -0.4 is 19.1 Å². The molecule has 0 aliphatic carbocycles. The number of hydrogen-bond donors (Lipinski definition) is 1. The summed E-state index contributed by atoms with van der Waals surface area (Å²) in [5.74, 6) is 0.854. The van der Waals surface area contributed by atoms with Crippen LogP contribution >= 0.6 is 23.2 Å². The zero-order valence-electron chi connectivity index (χ0n) is 19.7. The van der Waals surface area contributed by atoms with Crippen LogP contribution in [0.4, 0.5) is 5.69 Å². The SMILES string of the molecule is COc1ccc([C@@H](C)NC(=O)c2ccc(N(Cc3c(Cl)cccc3Cl)S(C)(=O)=O)cc2)cc1OC. The molecule has 0 heterocycles. The summed E-state index contributed by atoms with van der Waals surface area (Å²) in [6.07, 6.45) is 1.10. The molecule has 0 aliphatic rings. The highest BCUT2D eigenvalue weighted by Crippen LogP contribution is 2.31. The summed E-state index contributed by atoms with van der Waals surface area (Å²) in [6.45, 7) is 1.81. The lowest BCUT2D eigenvalue weighted by Crippen LogP contribution is -2.30. The minimum Gasteiger partial charge on any atom is -0.493 e. The van der Waals surface area contributed by atoms with Gasteiger partial charge in [-0.15, -0.1) is 0 Å². The van der Waals surface area contributed by atoms with Crippen molar-refractivity contribution in [1.82, 2.24) is 5.32 Å². The quantitative estimate of drug-likeness (QED) is 0.392. The third-order valence-electron chi connectivity index (χ3n) is 5.44. The van der Waals surface area contributed by atoms with Crippen LogP contribution in [0.25, 0.3) is 0 Å². The van der Waals surface area contributed by atoms with Crippen molar-refractivity contribution in [1.29, 1.82) is 0 Å². The number of carbonyl (C=O) groups is 1. The fourth-order valence-electron chi connectivity index (χ4n) is 3.49. The topological polar surface area (TPSA) is 84.9 Å². The van der Waals surface area contributed by atoms with Gasteiger partial charge in [0.05, 0.1) is 38.7 Å². The monoisotopic (exact) mass is 536 g/mol. The highest BCUT2D eigenvalue weighted by molar-refractivity contribution is 7.92. The summed E-state index contributed by atoms with van der Waals surface area (Å²) in [5.41, 5.74) is 2.09. The average molecular weight is 537 g/mol. The van der Waals surface area contributed by atoms with Crippen LogP contribution in [0.5, 0.6) is 11.5 Å². The Bertz CT molecular complexity index is 1290. The zero-order valence-corrected chi connectivity index (χ0v) is 22.0. The van der Waals surface area contributed by atoms with Crippen molar-refractivity contribution in [3.63, 3.8) is 0 Å². The van der Waals surface area contributed by atoms with Crippen LogP contribution in [0.3, 0.4) is 0 Å². The molecule has 186 valence electrons. The maximum Gasteiger partial charge on any atom is 0.251 e. The molecule has 0 saturated carbocycles. The number of amides is 1. The molecule has 1 amide bonds. The lowest BCUT2D eigenvalue weighted by atomic mass is 10.1. The van der Waals surface area contributed by atoms with Gasteiger partial charge >= 0.3 is 0 Å². The van der Waals surface area contributed by atoms with Crippen molar-refractivity contribution < 1.29 is 22.7 Å². The van der Waals surface area contributed by atoms with Crippen molar-refractivity contribution >= 4 is 44.8 Å². The molecule has 0 aromatic heterocycles. The van der Waals surface area contributed by atoms with Crippen LogP contribution in [0.1, 0.15) is 34.5 Å². The lowest BCUT2D eigenvalue weighted by molar-refractivity contribution is 0.0940. The Morgan fingerprint density at radius 2 is 1.57 bits per heavy atom. The van der Waals surface area contributed by atoms with Gasteiger partial charge in [-0.2, -0.15) is 0 Å². The van der Waals surface area contributed by atoms with Crippen LogP contribution in [0, 0.1) is 0 Å². The summed E-state index contributed by atoms with van der Waals surface area (Å²) in [7, 11) is -0.553. The molecule has 10 heteroatoms. The highest BCUT2D eigenvalue weighted by atomic mass is 35.5. The Balaban J connectivity index is 1.79. The first-order valence-electron chi connectivity index (χ1n) is 10.6. The van der Waals surface area contributed by atoms with Gasteiger partial charge in [0.15, 0.2) is 11.5 Å². The molecule has 0 bridgehead atoms. The molecular formula is C25H26Cl2N2O5S. The summed E-state index contributed by atoms with van der Waals surface area (Å²) in [6, 6.07) is 16.4. The Kier molecular flexibility index (Phi) is 8.53. The Hall–Kier alpha value is -2.94. The predicted octanol–water partition coefficient (Wildman–Crippen LogP) is 5.47. The second-order valence-corrected chi connectivity index (χ2v) is 10.5. The second-order valence-electron chi connectivity index (χ2n) is 7.83. The maximum atomic E-state index is 12.8. The largest absolute Gasteiger partial charge is 0.493 e. The molecule has 3 rings (SSSR count). The van der Waals surface area contributed by atoms with E-state index in [1.807, 2.05) is 13.0 Å². The molecule has 0 aliphatic heterocycles. The standard InChI is InChI=1S/C25H26Cl2N2O5S/c1-16(18-10-13-23(33-2)24(14-18)34-3)28-25(30)17-8-11-19(12-9-17)29(35(4,31)32)15-20-21(26)6-5-7-22(20)27/h5-14,16H,15H2,1-4H3,(H,28,30)/t16-/m1/s1. The van der Waals surface area contributed by atoms with Crippen molar-refractivity contribution in [2.24, 2.45) is 0 Å². The van der Waals surface area contributed by atoms with Crippen LogP contribution in [0.15, 0.2) is 60.7 Å². The van der Waals surface area contributed by atoms with E-state index < -0.39 is 10.0 Å². The Morgan fingerprint density at radius 3 is 2.11 bits per heavy atom. The van der Waals surface area contributed by atoms with Crippen LogP contribution in [-0.2, 0) is 16.6 Å². The van der Waals surface area contributed by atoms with Gasteiger partial charge < -0.3 is 14.8 Å². The molecule has 0 fully saturated rings. The molecule has 0 radical (unpaired) electrons. The van der Waals surface area contributed by atoms with E-state index >= 15 is 0 Å². The first-order chi connectivity index (χ1) is 16.5. The molecule has 0 spiro atoms. The number of methoxy groups -OCH3 is 2. The molecule has 1 N–H and O–H groups in total. The fraction of sp³-hybridized carbons (Fsp3) is 0.240. The summed E-state index contributed by atoms with van der Waals surface area (Å²) < 4.78 is 36.8. The number of halogens is 2. The van der Waals surface area contributed by atoms with E-state index in [1.165, 1.54) is 4.31 Å². The van der Waals surface area contributed by atoms with Gasteiger partial charge in [-0.3, -0.25) is 9.10 Å². The average Bonchev–Trinajstić information content (AvgIpc) is 2.82. The summed E-state index contributed by atoms with van der Waals surface area (Å²) in [4.78, 5) is 12.8. The molecule has 0 saturated heterocycles. The third kappa shape index (κ3) is 6.39. The van der Waals surface area contributed by atoms with E-state index in [1.54, 1.807) is 68.8 Å². The minimum atomic E-state index is -3.66. The van der Waals surface area contributed by atoms with Crippen LogP contribution in [0.2, 0.25) is 10.0 Å². The van der Waals surface area contributed by atoms with E-state index in [2.05, 4.69) is 5.32 Å². The van der Waals surface area contributed by atoms with E-state index in [0.29, 0.717) is 38.4 Å². The van der Waals surface area contributed by atoms with Gasteiger partial charge in [-0.25, -0.2) is 8.42 Å². The number of carbonyl (C=O) groups excluding carboxylic acids is 1. The van der Waals surface area contributed by atoms with Gasteiger partial charge in [0.1, 0.15) is 0 Å². The van der Waals surface area contributed by atoms with Gasteiger partial charge in [0, 0.05) is 21.2 Å². The van der Waals surface area contributed by atoms with Gasteiger partial charge in [-0.05, 0) is 61.0 Å². The summed E-state index contributed by atoms with van der Waals surface area (Å²) in [5, 5.41) is 3.67. The molecule has 7 nitrogen and oxygen atoms in total. The zero-order chi connectivity index (χ0) is 25.8. The third-order valence-corrected chi connectivity index (χ3v) is 7.29. The minimum absolute atomic E-state index is 0.0424. The Labute approximate surface area is 215 Å². The van der Waals surface area contributed by atoms with E-state index in [4.69, 9.17) is 32.7 Å².